The second-order valence-electron chi connectivity index (χ2n) is 6.39. The first-order valence-corrected chi connectivity index (χ1v) is 8.56. The fourth-order valence-corrected chi connectivity index (χ4v) is 2.81. The highest BCUT2D eigenvalue weighted by Gasteiger charge is 2.37. The van der Waals surface area contributed by atoms with Crippen LogP contribution in [0.15, 0.2) is 30.3 Å². The third kappa shape index (κ3) is 4.94. The van der Waals surface area contributed by atoms with Crippen molar-refractivity contribution in [3.8, 4) is 0 Å². The average molecular weight is 418 g/mol. The molecule has 0 aliphatic carbocycles. The monoisotopic (exact) mass is 418 g/mol. The molecular weight excluding hydrogens is 402 g/mol. The van der Waals surface area contributed by atoms with Crippen LogP contribution < -0.4 is 10.6 Å². The Kier molecular flexibility index (Phi) is 5.91. The van der Waals surface area contributed by atoms with Crippen molar-refractivity contribution in [2.45, 2.75) is 25.1 Å². The zero-order chi connectivity index (χ0) is 21.2. The van der Waals surface area contributed by atoms with Crippen molar-refractivity contribution >= 4 is 11.5 Å². The SMILES string of the molecule is Fc1ccc(F)c(F)c1.N[C@@H]1CCCN(c2ccc3nnc(C(F)(F)F)n3n2)C1. The third-order valence-corrected chi connectivity index (χ3v) is 4.17. The highest BCUT2D eigenvalue weighted by atomic mass is 19.4. The summed E-state index contributed by atoms with van der Waals surface area (Å²) in [6, 6.07) is 5.23. The second kappa shape index (κ2) is 8.23. The van der Waals surface area contributed by atoms with Crippen molar-refractivity contribution in [3.05, 3.63) is 53.6 Å². The summed E-state index contributed by atoms with van der Waals surface area (Å²) in [6.07, 6.45) is -2.77. The van der Waals surface area contributed by atoms with Gasteiger partial charge in [0.25, 0.3) is 5.82 Å². The smallest absolute Gasteiger partial charge is 0.354 e. The number of piperidine rings is 1. The van der Waals surface area contributed by atoms with Crippen LogP contribution in [0.4, 0.5) is 32.2 Å². The average Bonchev–Trinajstić information content (AvgIpc) is 3.09. The first-order chi connectivity index (χ1) is 13.6. The summed E-state index contributed by atoms with van der Waals surface area (Å²) in [7, 11) is 0. The minimum absolute atomic E-state index is 0.0178. The Morgan fingerprint density at radius 3 is 2.38 bits per heavy atom. The number of alkyl halides is 3. The molecule has 0 amide bonds. The first-order valence-electron chi connectivity index (χ1n) is 8.56. The number of rotatable bonds is 1. The molecule has 1 aliphatic heterocycles. The second-order valence-corrected chi connectivity index (χ2v) is 6.39. The lowest BCUT2D eigenvalue weighted by molar-refractivity contribution is -0.146. The van der Waals surface area contributed by atoms with Crippen LogP contribution in [-0.2, 0) is 6.18 Å². The van der Waals surface area contributed by atoms with Crippen molar-refractivity contribution in [1.29, 1.82) is 0 Å². The Morgan fingerprint density at radius 2 is 1.76 bits per heavy atom. The molecule has 1 aliphatic rings. The van der Waals surface area contributed by atoms with Gasteiger partial charge in [-0.05, 0) is 37.1 Å². The Morgan fingerprint density at radius 1 is 1.00 bits per heavy atom. The molecule has 0 bridgehead atoms. The summed E-state index contributed by atoms with van der Waals surface area (Å²) in [5, 5.41) is 10.6. The van der Waals surface area contributed by atoms with E-state index in [1.54, 1.807) is 6.07 Å². The summed E-state index contributed by atoms with van der Waals surface area (Å²) in [6.45, 7) is 1.32. The molecule has 3 heterocycles. The maximum absolute atomic E-state index is 12.8. The molecule has 1 atom stereocenters. The molecule has 0 unspecified atom stereocenters. The number of aromatic nitrogens is 4. The van der Waals surface area contributed by atoms with Crippen LogP contribution in [0.1, 0.15) is 18.7 Å². The molecule has 3 aromatic rings. The molecule has 4 rings (SSSR count). The van der Waals surface area contributed by atoms with Crippen LogP contribution >= 0.6 is 0 Å². The molecule has 2 N–H and O–H groups in total. The predicted molar refractivity (Wildman–Crippen MR) is 91.5 cm³/mol. The lowest BCUT2D eigenvalue weighted by Crippen LogP contribution is -2.43. The van der Waals surface area contributed by atoms with Crippen LogP contribution in [0, 0.1) is 17.5 Å². The van der Waals surface area contributed by atoms with E-state index in [1.807, 2.05) is 4.90 Å². The van der Waals surface area contributed by atoms with E-state index in [0.29, 0.717) is 18.4 Å². The molecule has 29 heavy (non-hydrogen) atoms. The van der Waals surface area contributed by atoms with Gasteiger partial charge < -0.3 is 10.6 Å². The van der Waals surface area contributed by atoms with Crippen molar-refractivity contribution in [2.24, 2.45) is 5.73 Å². The number of anilines is 1. The molecule has 0 spiro atoms. The molecule has 0 radical (unpaired) electrons. The zero-order valence-electron chi connectivity index (χ0n) is 14.9. The molecule has 0 saturated carbocycles. The summed E-state index contributed by atoms with van der Waals surface area (Å²) < 4.78 is 75.0. The van der Waals surface area contributed by atoms with Gasteiger partial charge in [0.1, 0.15) is 11.6 Å². The lowest BCUT2D eigenvalue weighted by Gasteiger charge is -2.31. The molecule has 12 heteroatoms. The number of hydrogen-bond acceptors (Lipinski definition) is 5. The van der Waals surface area contributed by atoms with Gasteiger partial charge in [-0.15, -0.1) is 15.3 Å². The van der Waals surface area contributed by atoms with Crippen molar-refractivity contribution in [3.63, 3.8) is 0 Å². The number of fused-ring (bicyclic) bond motifs is 1. The van der Waals surface area contributed by atoms with E-state index in [2.05, 4.69) is 15.3 Å². The van der Waals surface area contributed by atoms with E-state index in [9.17, 15) is 26.3 Å². The molecule has 1 aromatic carbocycles. The molecule has 2 aromatic heterocycles. The third-order valence-electron chi connectivity index (χ3n) is 4.17. The van der Waals surface area contributed by atoms with Gasteiger partial charge >= 0.3 is 6.18 Å². The normalized spacial score (nSPS) is 17.2. The standard InChI is InChI=1S/C11H13F3N6.C6H3F3/c12-11(13,14)10-17-16-8-3-4-9(18-20(8)10)19-5-1-2-7(15)6-19;7-4-1-2-5(8)6(9)3-4/h3-4,7H,1-2,5-6,15H2;1-3H/t7-;/m1./s1. The number of benzene rings is 1. The van der Waals surface area contributed by atoms with Gasteiger partial charge in [-0.1, -0.05) is 0 Å². The summed E-state index contributed by atoms with van der Waals surface area (Å²) >= 11 is 0. The predicted octanol–water partition coefficient (Wildman–Crippen LogP) is 3.17. The fourth-order valence-electron chi connectivity index (χ4n) is 2.81. The Balaban J connectivity index is 0.000000224. The van der Waals surface area contributed by atoms with E-state index in [4.69, 9.17) is 5.73 Å². The Labute approximate surface area is 160 Å². The van der Waals surface area contributed by atoms with Crippen LogP contribution in [0.2, 0.25) is 0 Å². The maximum atomic E-state index is 12.8. The van der Waals surface area contributed by atoms with Crippen LogP contribution in [0.5, 0.6) is 0 Å². The molecule has 6 nitrogen and oxygen atoms in total. The van der Waals surface area contributed by atoms with Crippen molar-refractivity contribution in [2.75, 3.05) is 18.0 Å². The van der Waals surface area contributed by atoms with E-state index < -0.39 is 29.5 Å². The van der Waals surface area contributed by atoms with E-state index in [1.165, 1.54) is 6.07 Å². The topological polar surface area (TPSA) is 72.3 Å². The highest BCUT2D eigenvalue weighted by molar-refractivity contribution is 5.46. The molecule has 1 saturated heterocycles. The van der Waals surface area contributed by atoms with E-state index >= 15 is 0 Å². The maximum Gasteiger partial charge on any atom is 0.453 e. The molecule has 156 valence electrons. The number of nitrogens with zero attached hydrogens (tertiary/aromatic N) is 5. The van der Waals surface area contributed by atoms with E-state index in [-0.39, 0.29) is 11.7 Å². The Hall–Kier alpha value is -2.89. The van der Waals surface area contributed by atoms with Crippen molar-refractivity contribution < 1.29 is 26.3 Å². The summed E-state index contributed by atoms with van der Waals surface area (Å²) in [5.74, 6) is -3.62. The quantitative estimate of drug-likeness (QED) is 0.486. The van der Waals surface area contributed by atoms with Gasteiger partial charge in [-0.3, -0.25) is 0 Å². The lowest BCUT2D eigenvalue weighted by atomic mass is 10.1. The van der Waals surface area contributed by atoms with Gasteiger partial charge in [0.15, 0.2) is 17.3 Å². The van der Waals surface area contributed by atoms with Gasteiger partial charge in [-0.2, -0.15) is 17.7 Å². The minimum atomic E-state index is -4.58. The summed E-state index contributed by atoms with van der Waals surface area (Å²) in [4.78, 5) is 1.88. The van der Waals surface area contributed by atoms with E-state index in [0.717, 1.165) is 36.0 Å². The number of nitrogens with two attached hydrogens (primary N) is 1. The highest BCUT2D eigenvalue weighted by Crippen LogP contribution is 2.28. The van der Waals surface area contributed by atoms with Gasteiger partial charge in [0, 0.05) is 25.2 Å². The van der Waals surface area contributed by atoms with Crippen LogP contribution in [0.25, 0.3) is 5.65 Å². The summed E-state index contributed by atoms with van der Waals surface area (Å²) in [5.41, 5.74) is 5.94. The molecular formula is C17H16F6N6. The molecule has 1 fully saturated rings. The minimum Gasteiger partial charge on any atom is -0.354 e. The number of hydrogen-bond donors (Lipinski definition) is 1. The number of halogens is 6. The Bertz CT molecular complexity index is 988. The first kappa shape index (κ1) is 20.8. The van der Waals surface area contributed by atoms with Crippen LogP contribution in [0.3, 0.4) is 0 Å². The zero-order valence-corrected chi connectivity index (χ0v) is 14.9. The largest absolute Gasteiger partial charge is 0.453 e. The van der Waals surface area contributed by atoms with Gasteiger partial charge in [0.2, 0.25) is 0 Å². The van der Waals surface area contributed by atoms with Crippen LogP contribution in [-0.4, -0.2) is 38.9 Å². The van der Waals surface area contributed by atoms with Gasteiger partial charge in [-0.25, -0.2) is 13.2 Å². The fraction of sp³-hybridized carbons (Fsp3) is 0.353. The van der Waals surface area contributed by atoms with Crippen molar-refractivity contribution in [1.82, 2.24) is 19.8 Å². The van der Waals surface area contributed by atoms with Gasteiger partial charge in [0.05, 0.1) is 0 Å².